The predicted octanol–water partition coefficient (Wildman–Crippen LogP) is 2.89. The van der Waals surface area contributed by atoms with Crippen LogP contribution in [0.3, 0.4) is 0 Å². The molecule has 0 radical (unpaired) electrons. The second-order valence-corrected chi connectivity index (χ2v) is 5.15. The lowest BCUT2D eigenvalue weighted by atomic mass is 10.2. The van der Waals surface area contributed by atoms with Crippen LogP contribution in [0, 0.1) is 0 Å². The summed E-state index contributed by atoms with van der Waals surface area (Å²) in [4.78, 5) is 0. The van der Waals surface area contributed by atoms with Crippen molar-refractivity contribution in [2.45, 2.75) is 20.1 Å². The van der Waals surface area contributed by atoms with E-state index in [4.69, 9.17) is 5.11 Å². The van der Waals surface area contributed by atoms with Crippen LogP contribution < -0.4 is 0 Å². The van der Waals surface area contributed by atoms with E-state index in [1.54, 1.807) is 0 Å². The minimum Gasteiger partial charge on any atom is -0.392 e. The highest BCUT2D eigenvalue weighted by molar-refractivity contribution is 7.99. The molecule has 3 heteroatoms. The highest BCUT2D eigenvalue weighted by atomic mass is 32.2. The fourth-order valence-electron chi connectivity index (χ4n) is 1.85. The van der Waals surface area contributed by atoms with Gasteiger partial charge >= 0.3 is 0 Å². The minimum absolute atomic E-state index is 0.118. The number of aliphatic hydroxyl groups excluding tert-OH is 1. The minimum atomic E-state index is 0.118. The maximum absolute atomic E-state index is 9.07. The lowest BCUT2D eigenvalue weighted by molar-refractivity contribution is 0.282. The summed E-state index contributed by atoms with van der Waals surface area (Å²) in [6, 6.07) is 8.26. The maximum Gasteiger partial charge on any atom is 0.0682 e. The van der Waals surface area contributed by atoms with Crippen molar-refractivity contribution in [3.05, 3.63) is 36.0 Å². The first-order valence-corrected chi connectivity index (χ1v) is 6.77. The Morgan fingerprint density at radius 3 is 2.94 bits per heavy atom. The summed E-state index contributed by atoms with van der Waals surface area (Å²) in [5.41, 5.74) is 2.24. The number of fused-ring (bicyclic) bond motifs is 1. The molecule has 0 aliphatic heterocycles. The zero-order valence-electron chi connectivity index (χ0n) is 9.52. The molecule has 86 valence electrons. The van der Waals surface area contributed by atoms with Crippen molar-refractivity contribution in [2.75, 3.05) is 11.5 Å². The standard InChI is InChI=1S/C13H17NOS/c1-2-16-8-7-14-6-5-12-9-11(10-15)3-4-13(12)14/h3-6,9,15H,2,7-8,10H2,1H3. The monoisotopic (exact) mass is 235 g/mol. The number of benzene rings is 1. The highest BCUT2D eigenvalue weighted by Crippen LogP contribution is 2.18. The third kappa shape index (κ3) is 2.42. The lowest BCUT2D eigenvalue weighted by Gasteiger charge is -2.05. The van der Waals surface area contributed by atoms with E-state index in [1.165, 1.54) is 16.7 Å². The van der Waals surface area contributed by atoms with Gasteiger partial charge in [-0.3, -0.25) is 0 Å². The number of aromatic nitrogens is 1. The summed E-state index contributed by atoms with van der Waals surface area (Å²) in [6.45, 7) is 3.36. The second kappa shape index (κ2) is 5.41. The molecule has 1 N–H and O–H groups in total. The first-order valence-electron chi connectivity index (χ1n) is 5.61. The van der Waals surface area contributed by atoms with Crippen LogP contribution in [0.4, 0.5) is 0 Å². The van der Waals surface area contributed by atoms with Crippen molar-refractivity contribution in [2.24, 2.45) is 0 Å². The summed E-state index contributed by atoms with van der Waals surface area (Å²) in [5, 5.41) is 10.3. The Morgan fingerprint density at radius 2 is 2.19 bits per heavy atom. The van der Waals surface area contributed by atoms with Crippen LogP contribution in [0.25, 0.3) is 10.9 Å². The Bertz CT molecular complexity index is 464. The third-order valence-corrected chi connectivity index (χ3v) is 3.58. The van der Waals surface area contributed by atoms with Crippen LogP contribution in [0.5, 0.6) is 0 Å². The van der Waals surface area contributed by atoms with Gasteiger partial charge in [0.05, 0.1) is 6.61 Å². The SMILES string of the molecule is CCSCCn1ccc2cc(CO)ccc21. The highest BCUT2D eigenvalue weighted by Gasteiger charge is 2.01. The van der Waals surface area contributed by atoms with Gasteiger partial charge in [0.15, 0.2) is 0 Å². The Balaban J connectivity index is 2.20. The number of nitrogens with zero attached hydrogens (tertiary/aromatic N) is 1. The summed E-state index contributed by atoms with van der Waals surface area (Å²) in [5.74, 6) is 2.33. The van der Waals surface area contributed by atoms with E-state index in [0.29, 0.717) is 0 Å². The van der Waals surface area contributed by atoms with Gasteiger partial charge in [0.2, 0.25) is 0 Å². The molecule has 0 unspecified atom stereocenters. The van der Waals surface area contributed by atoms with Gasteiger partial charge in [-0.1, -0.05) is 13.0 Å². The van der Waals surface area contributed by atoms with Gasteiger partial charge in [0, 0.05) is 24.0 Å². The summed E-state index contributed by atoms with van der Waals surface area (Å²) >= 11 is 1.96. The molecule has 0 bridgehead atoms. The van der Waals surface area contributed by atoms with Crippen LogP contribution in [-0.4, -0.2) is 21.2 Å². The smallest absolute Gasteiger partial charge is 0.0682 e. The molecular weight excluding hydrogens is 218 g/mol. The average Bonchev–Trinajstić information content (AvgIpc) is 2.72. The molecule has 1 heterocycles. The number of hydrogen-bond donors (Lipinski definition) is 1. The van der Waals surface area contributed by atoms with E-state index in [0.717, 1.165) is 17.9 Å². The van der Waals surface area contributed by atoms with E-state index in [9.17, 15) is 0 Å². The Morgan fingerprint density at radius 1 is 1.31 bits per heavy atom. The van der Waals surface area contributed by atoms with Gasteiger partial charge in [0.1, 0.15) is 0 Å². The summed E-state index contributed by atoms with van der Waals surface area (Å²) in [6.07, 6.45) is 2.13. The molecular formula is C13H17NOS. The summed E-state index contributed by atoms with van der Waals surface area (Å²) in [7, 11) is 0. The molecule has 16 heavy (non-hydrogen) atoms. The molecule has 0 aliphatic rings. The van der Waals surface area contributed by atoms with Crippen molar-refractivity contribution in [1.82, 2.24) is 4.57 Å². The fourth-order valence-corrected chi connectivity index (χ4v) is 2.46. The second-order valence-electron chi connectivity index (χ2n) is 3.76. The molecule has 0 saturated carbocycles. The van der Waals surface area contributed by atoms with Crippen LogP contribution in [0.1, 0.15) is 12.5 Å². The van der Waals surface area contributed by atoms with Gasteiger partial charge in [-0.25, -0.2) is 0 Å². The number of rotatable bonds is 5. The molecule has 0 spiro atoms. The Labute approximate surface area is 100 Å². The van der Waals surface area contributed by atoms with Gasteiger partial charge in [-0.2, -0.15) is 11.8 Å². The van der Waals surface area contributed by atoms with Crippen LogP contribution in [0.15, 0.2) is 30.5 Å². The normalized spacial score (nSPS) is 11.1. The Kier molecular flexibility index (Phi) is 3.91. The van der Waals surface area contributed by atoms with Crippen LogP contribution in [0.2, 0.25) is 0 Å². The van der Waals surface area contributed by atoms with Crippen molar-refractivity contribution in [3.8, 4) is 0 Å². The fraction of sp³-hybridized carbons (Fsp3) is 0.385. The van der Waals surface area contributed by atoms with Gasteiger partial charge < -0.3 is 9.67 Å². The topological polar surface area (TPSA) is 25.2 Å². The number of aryl methyl sites for hydroxylation is 1. The van der Waals surface area contributed by atoms with E-state index < -0.39 is 0 Å². The molecule has 2 rings (SSSR count). The lowest BCUT2D eigenvalue weighted by Crippen LogP contribution is -1.98. The number of hydrogen-bond acceptors (Lipinski definition) is 2. The first kappa shape index (κ1) is 11.6. The molecule has 2 nitrogen and oxygen atoms in total. The van der Waals surface area contributed by atoms with Crippen molar-refractivity contribution in [3.63, 3.8) is 0 Å². The van der Waals surface area contributed by atoms with Gasteiger partial charge in [-0.15, -0.1) is 0 Å². The van der Waals surface area contributed by atoms with Crippen molar-refractivity contribution in [1.29, 1.82) is 0 Å². The molecule has 0 atom stereocenters. The van der Waals surface area contributed by atoms with E-state index in [-0.39, 0.29) is 6.61 Å². The van der Waals surface area contributed by atoms with Crippen molar-refractivity contribution < 1.29 is 5.11 Å². The Hall–Kier alpha value is -0.930. The van der Waals surface area contributed by atoms with E-state index in [2.05, 4.69) is 35.9 Å². The molecule has 0 saturated heterocycles. The molecule has 1 aromatic heterocycles. The molecule has 0 fully saturated rings. The average molecular weight is 235 g/mol. The number of thioether (sulfide) groups is 1. The van der Waals surface area contributed by atoms with Crippen molar-refractivity contribution >= 4 is 22.7 Å². The molecule has 0 amide bonds. The van der Waals surface area contributed by atoms with Gasteiger partial charge in [0.25, 0.3) is 0 Å². The van der Waals surface area contributed by atoms with E-state index in [1.807, 2.05) is 17.8 Å². The number of aliphatic hydroxyl groups is 1. The van der Waals surface area contributed by atoms with Crippen LogP contribution >= 0.6 is 11.8 Å². The zero-order valence-corrected chi connectivity index (χ0v) is 10.3. The molecule has 1 aromatic carbocycles. The quantitative estimate of drug-likeness (QED) is 0.806. The van der Waals surface area contributed by atoms with E-state index >= 15 is 0 Å². The third-order valence-electron chi connectivity index (χ3n) is 2.70. The molecule has 0 aliphatic carbocycles. The summed E-state index contributed by atoms with van der Waals surface area (Å²) < 4.78 is 2.28. The van der Waals surface area contributed by atoms with Crippen LogP contribution in [-0.2, 0) is 13.2 Å². The first-order chi connectivity index (χ1) is 7.85. The van der Waals surface area contributed by atoms with Gasteiger partial charge in [-0.05, 0) is 34.9 Å². The largest absolute Gasteiger partial charge is 0.392 e. The maximum atomic E-state index is 9.07. The predicted molar refractivity (Wildman–Crippen MR) is 70.9 cm³/mol. The zero-order chi connectivity index (χ0) is 11.4. The molecule has 2 aromatic rings.